The number of hydrogen-bond donors (Lipinski definition) is 2. The number of hydrogen-bond acceptors (Lipinski definition) is 2. The number of benzene rings is 1. The van der Waals surface area contributed by atoms with Crippen molar-refractivity contribution in [2.75, 3.05) is 5.73 Å². The Hall–Kier alpha value is -1.48. The molecule has 0 bridgehead atoms. The van der Waals surface area contributed by atoms with E-state index in [9.17, 15) is 0 Å². The molecule has 0 saturated carbocycles. The Morgan fingerprint density at radius 3 is 2.56 bits per heavy atom. The zero-order valence-electron chi connectivity index (χ0n) is 10.7. The molecule has 1 aromatic heterocycles. The molecular formula is C14H18ClN3. The molecule has 2 aromatic rings. The maximum absolute atomic E-state index is 6.25. The Morgan fingerprint density at radius 2 is 1.94 bits per heavy atom. The number of nitrogen functional groups attached to an aromatic ring is 1. The van der Waals surface area contributed by atoms with E-state index in [1.165, 1.54) is 0 Å². The highest BCUT2D eigenvalue weighted by Crippen LogP contribution is 2.38. The lowest BCUT2D eigenvalue weighted by Gasteiger charge is -2.13. The van der Waals surface area contributed by atoms with Crippen molar-refractivity contribution in [1.29, 1.82) is 0 Å². The Bertz CT molecular complexity index is 530. The summed E-state index contributed by atoms with van der Waals surface area (Å²) >= 11 is 6.25. The average molecular weight is 264 g/mol. The first-order valence-corrected chi connectivity index (χ1v) is 6.65. The number of aromatic nitrogens is 2. The summed E-state index contributed by atoms with van der Waals surface area (Å²) in [6.45, 7) is 4.34. The summed E-state index contributed by atoms with van der Waals surface area (Å²) < 4.78 is 0. The Labute approximate surface area is 112 Å². The number of nitrogens with one attached hydrogen (secondary N) is 1. The van der Waals surface area contributed by atoms with Crippen LogP contribution in [0.25, 0.3) is 11.1 Å². The third-order valence-electron chi connectivity index (χ3n) is 3.36. The van der Waals surface area contributed by atoms with Crippen LogP contribution in [0.1, 0.15) is 38.3 Å². The van der Waals surface area contributed by atoms with Gasteiger partial charge in [0.2, 0.25) is 0 Å². The molecule has 0 unspecified atom stereocenters. The molecule has 0 aliphatic rings. The summed E-state index contributed by atoms with van der Waals surface area (Å²) in [5, 5.41) is 7.92. The van der Waals surface area contributed by atoms with Crippen LogP contribution in [0, 0.1) is 0 Å². The van der Waals surface area contributed by atoms with Gasteiger partial charge in [-0.2, -0.15) is 5.10 Å². The van der Waals surface area contributed by atoms with Crippen molar-refractivity contribution in [1.82, 2.24) is 10.2 Å². The molecule has 0 aliphatic heterocycles. The Balaban J connectivity index is 2.57. The van der Waals surface area contributed by atoms with E-state index in [2.05, 4.69) is 24.0 Å². The van der Waals surface area contributed by atoms with Gasteiger partial charge in [0, 0.05) is 27.8 Å². The maximum Gasteiger partial charge on any atom is 0.153 e. The minimum absolute atomic E-state index is 0.432. The SMILES string of the molecule is CCC(CC)c1[nH]nc(N)c1-c1ccccc1Cl. The lowest BCUT2D eigenvalue weighted by Crippen LogP contribution is -1.99. The van der Waals surface area contributed by atoms with Gasteiger partial charge in [0.15, 0.2) is 5.82 Å². The van der Waals surface area contributed by atoms with Gasteiger partial charge in [0.05, 0.1) is 0 Å². The van der Waals surface area contributed by atoms with Crippen molar-refractivity contribution < 1.29 is 0 Å². The number of halogens is 1. The second kappa shape index (κ2) is 5.44. The van der Waals surface area contributed by atoms with E-state index in [1.807, 2.05) is 24.3 Å². The molecule has 0 atom stereocenters. The topological polar surface area (TPSA) is 54.7 Å². The fourth-order valence-corrected chi connectivity index (χ4v) is 2.54. The second-order valence-corrected chi connectivity index (χ2v) is 4.80. The van der Waals surface area contributed by atoms with E-state index in [1.54, 1.807) is 0 Å². The van der Waals surface area contributed by atoms with E-state index >= 15 is 0 Å². The number of aromatic amines is 1. The highest BCUT2D eigenvalue weighted by Gasteiger charge is 2.20. The molecule has 1 aromatic carbocycles. The summed E-state index contributed by atoms with van der Waals surface area (Å²) in [6, 6.07) is 7.73. The smallest absolute Gasteiger partial charge is 0.153 e. The molecule has 0 spiro atoms. The highest BCUT2D eigenvalue weighted by atomic mass is 35.5. The summed E-state index contributed by atoms with van der Waals surface area (Å²) in [5.41, 5.74) is 8.98. The number of nitrogens with zero attached hydrogens (tertiary/aromatic N) is 1. The minimum atomic E-state index is 0.432. The first-order valence-electron chi connectivity index (χ1n) is 6.27. The van der Waals surface area contributed by atoms with Crippen LogP contribution < -0.4 is 5.73 Å². The lowest BCUT2D eigenvalue weighted by atomic mass is 9.93. The van der Waals surface area contributed by atoms with Gasteiger partial charge < -0.3 is 5.73 Å². The number of rotatable bonds is 4. The average Bonchev–Trinajstić information content (AvgIpc) is 2.74. The predicted octanol–water partition coefficient (Wildman–Crippen LogP) is 4.22. The van der Waals surface area contributed by atoms with Gasteiger partial charge >= 0.3 is 0 Å². The van der Waals surface area contributed by atoms with E-state index in [0.29, 0.717) is 16.8 Å². The van der Waals surface area contributed by atoms with Crippen LogP contribution in [-0.4, -0.2) is 10.2 Å². The fraction of sp³-hybridized carbons (Fsp3) is 0.357. The molecule has 4 heteroatoms. The second-order valence-electron chi connectivity index (χ2n) is 4.39. The number of nitrogens with two attached hydrogens (primary N) is 1. The van der Waals surface area contributed by atoms with Crippen LogP contribution >= 0.6 is 11.6 Å². The van der Waals surface area contributed by atoms with Gasteiger partial charge in [0.1, 0.15) is 0 Å². The van der Waals surface area contributed by atoms with Crippen LogP contribution in [0.15, 0.2) is 24.3 Å². The molecular weight excluding hydrogens is 246 g/mol. The van der Waals surface area contributed by atoms with Crippen molar-refractivity contribution in [2.45, 2.75) is 32.6 Å². The van der Waals surface area contributed by atoms with E-state index in [0.717, 1.165) is 29.7 Å². The van der Waals surface area contributed by atoms with Crippen LogP contribution in [0.4, 0.5) is 5.82 Å². The molecule has 0 aliphatic carbocycles. The van der Waals surface area contributed by atoms with Crippen LogP contribution in [-0.2, 0) is 0 Å². The number of H-pyrrole nitrogens is 1. The maximum atomic E-state index is 6.25. The number of anilines is 1. The zero-order chi connectivity index (χ0) is 13.1. The summed E-state index contributed by atoms with van der Waals surface area (Å²) in [4.78, 5) is 0. The standard InChI is InChI=1S/C14H18ClN3/c1-3-9(4-2)13-12(14(16)18-17-13)10-7-5-6-8-11(10)15/h5-9H,3-4H2,1-2H3,(H3,16,17,18). The molecule has 0 radical (unpaired) electrons. The zero-order valence-corrected chi connectivity index (χ0v) is 11.5. The molecule has 1 heterocycles. The Morgan fingerprint density at radius 1 is 1.28 bits per heavy atom. The van der Waals surface area contributed by atoms with Gasteiger partial charge in [-0.25, -0.2) is 0 Å². The third-order valence-corrected chi connectivity index (χ3v) is 3.69. The summed E-state index contributed by atoms with van der Waals surface area (Å²) in [5.74, 6) is 0.950. The quantitative estimate of drug-likeness (QED) is 0.868. The summed E-state index contributed by atoms with van der Waals surface area (Å²) in [6.07, 6.45) is 2.10. The molecule has 18 heavy (non-hydrogen) atoms. The van der Waals surface area contributed by atoms with Crippen LogP contribution in [0.5, 0.6) is 0 Å². The molecule has 0 saturated heterocycles. The minimum Gasteiger partial charge on any atom is -0.382 e. The normalized spacial score (nSPS) is 11.1. The van der Waals surface area contributed by atoms with Gasteiger partial charge in [-0.1, -0.05) is 43.6 Å². The molecule has 0 amide bonds. The van der Waals surface area contributed by atoms with E-state index in [-0.39, 0.29) is 0 Å². The Kier molecular flexibility index (Phi) is 3.92. The van der Waals surface area contributed by atoms with E-state index < -0.39 is 0 Å². The summed E-state index contributed by atoms with van der Waals surface area (Å²) in [7, 11) is 0. The first kappa shape index (κ1) is 13.0. The molecule has 3 N–H and O–H groups in total. The first-order chi connectivity index (χ1) is 8.69. The van der Waals surface area contributed by atoms with Gasteiger partial charge in [-0.15, -0.1) is 0 Å². The molecule has 0 fully saturated rings. The van der Waals surface area contributed by atoms with Crippen LogP contribution in [0.2, 0.25) is 5.02 Å². The van der Waals surface area contributed by atoms with Crippen molar-refractivity contribution in [2.24, 2.45) is 0 Å². The third kappa shape index (κ3) is 2.23. The van der Waals surface area contributed by atoms with Gasteiger partial charge in [-0.3, -0.25) is 5.10 Å². The van der Waals surface area contributed by atoms with Crippen molar-refractivity contribution in [3.8, 4) is 11.1 Å². The predicted molar refractivity (Wildman–Crippen MR) is 76.8 cm³/mol. The van der Waals surface area contributed by atoms with Gasteiger partial charge in [0.25, 0.3) is 0 Å². The highest BCUT2D eigenvalue weighted by molar-refractivity contribution is 6.33. The van der Waals surface area contributed by atoms with Gasteiger partial charge in [-0.05, 0) is 18.9 Å². The van der Waals surface area contributed by atoms with Crippen molar-refractivity contribution in [3.05, 3.63) is 35.0 Å². The molecule has 3 nitrogen and oxygen atoms in total. The monoisotopic (exact) mass is 263 g/mol. The molecule has 2 rings (SSSR count). The van der Waals surface area contributed by atoms with Crippen molar-refractivity contribution in [3.63, 3.8) is 0 Å². The van der Waals surface area contributed by atoms with E-state index in [4.69, 9.17) is 17.3 Å². The lowest BCUT2D eigenvalue weighted by molar-refractivity contribution is 0.622. The fourth-order valence-electron chi connectivity index (χ4n) is 2.31. The van der Waals surface area contributed by atoms with Crippen molar-refractivity contribution >= 4 is 17.4 Å². The van der Waals surface area contributed by atoms with Crippen LogP contribution in [0.3, 0.4) is 0 Å². The molecule has 96 valence electrons. The largest absolute Gasteiger partial charge is 0.382 e.